The van der Waals surface area contributed by atoms with Gasteiger partial charge in [-0.25, -0.2) is 15.2 Å². The van der Waals surface area contributed by atoms with Gasteiger partial charge in [-0.05, 0) is 45.3 Å². The molecule has 3 aromatic rings. The third-order valence-electron chi connectivity index (χ3n) is 4.16. The SMILES string of the molecule is O=C(N[C@@H](Cc1cnc[nH]1)C(=O)N/N=C\c1ccc(O)c(Br)c1)OCc1ccccc1. The van der Waals surface area contributed by atoms with Crippen LogP contribution in [0.3, 0.4) is 0 Å². The van der Waals surface area contributed by atoms with Gasteiger partial charge in [-0.1, -0.05) is 30.3 Å². The Morgan fingerprint density at radius 2 is 2.06 bits per heavy atom. The van der Waals surface area contributed by atoms with Crippen LogP contribution >= 0.6 is 15.9 Å². The van der Waals surface area contributed by atoms with Gasteiger partial charge in [-0.3, -0.25) is 4.79 Å². The summed E-state index contributed by atoms with van der Waals surface area (Å²) in [6, 6.07) is 13.1. The Labute approximate surface area is 186 Å². The number of aromatic hydroxyl groups is 1. The van der Waals surface area contributed by atoms with Crippen LogP contribution in [-0.4, -0.2) is 39.3 Å². The molecule has 0 aliphatic carbocycles. The van der Waals surface area contributed by atoms with Gasteiger partial charge in [0.2, 0.25) is 0 Å². The number of ether oxygens (including phenoxy) is 1. The predicted octanol–water partition coefficient (Wildman–Crippen LogP) is 2.87. The number of aromatic amines is 1. The van der Waals surface area contributed by atoms with Crippen LogP contribution in [0.25, 0.3) is 0 Å². The number of nitrogens with one attached hydrogen (secondary N) is 3. The summed E-state index contributed by atoms with van der Waals surface area (Å²) in [5.74, 6) is -0.431. The third kappa shape index (κ3) is 6.96. The molecule has 0 unspecified atom stereocenters. The topological polar surface area (TPSA) is 129 Å². The van der Waals surface area contributed by atoms with E-state index in [9.17, 15) is 14.7 Å². The summed E-state index contributed by atoms with van der Waals surface area (Å²) in [6.45, 7) is 0.0823. The summed E-state index contributed by atoms with van der Waals surface area (Å²) in [4.78, 5) is 31.6. The standard InChI is InChI=1S/C21H20BrN5O4/c22-17-8-15(6-7-19(17)28)10-25-27-20(29)18(9-16-11-23-13-24-16)26-21(30)31-12-14-4-2-1-3-5-14/h1-8,10-11,13,18,28H,9,12H2,(H,23,24)(H,26,30)(H,27,29)/b25-10-/t18-/m0/s1. The lowest BCUT2D eigenvalue weighted by molar-refractivity contribution is -0.123. The lowest BCUT2D eigenvalue weighted by atomic mass is 10.1. The number of hydrogen-bond acceptors (Lipinski definition) is 6. The van der Waals surface area contributed by atoms with E-state index in [2.05, 4.69) is 41.7 Å². The zero-order chi connectivity index (χ0) is 22.1. The van der Waals surface area contributed by atoms with Crippen LogP contribution in [-0.2, 0) is 22.6 Å². The second-order valence-corrected chi connectivity index (χ2v) is 7.34. The second-order valence-electron chi connectivity index (χ2n) is 6.48. The van der Waals surface area contributed by atoms with Gasteiger partial charge in [-0.15, -0.1) is 0 Å². The number of carbonyl (C=O) groups is 2. The molecule has 9 nitrogen and oxygen atoms in total. The van der Waals surface area contributed by atoms with Crippen molar-refractivity contribution in [1.29, 1.82) is 0 Å². The molecule has 0 bridgehead atoms. The molecule has 0 saturated heterocycles. The molecule has 0 spiro atoms. The largest absolute Gasteiger partial charge is 0.507 e. The van der Waals surface area contributed by atoms with E-state index < -0.39 is 18.0 Å². The summed E-state index contributed by atoms with van der Waals surface area (Å²) in [7, 11) is 0. The molecule has 0 fully saturated rings. The van der Waals surface area contributed by atoms with E-state index in [1.807, 2.05) is 30.3 Å². The monoisotopic (exact) mass is 485 g/mol. The Bertz CT molecular complexity index is 1040. The van der Waals surface area contributed by atoms with Crippen LogP contribution < -0.4 is 10.7 Å². The van der Waals surface area contributed by atoms with Gasteiger partial charge < -0.3 is 20.1 Å². The quantitative estimate of drug-likeness (QED) is 0.288. The van der Waals surface area contributed by atoms with Gasteiger partial charge in [-0.2, -0.15) is 5.10 Å². The van der Waals surface area contributed by atoms with Gasteiger partial charge in [0.1, 0.15) is 18.4 Å². The molecule has 1 heterocycles. The molecule has 4 N–H and O–H groups in total. The number of rotatable bonds is 8. The van der Waals surface area contributed by atoms with Crippen molar-refractivity contribution < 1.29 is 19.4 Å². The third-order valence-corrected chi connectivity index (χ3v) is 4.80. The van der Waals surface area contributed by atoms with Gasteiger partial charge in [0, 0.05) is 18.3 Å². The van der Waals surface area contributed by atoms with E-state index in [1.54, 1.807) is 18.3 Å². The summed E-state index contributed by atoms with van der Waals surface area (Å²) >= 11 is 3.21. The fourth-order valence-electron chi connectivity index (χ4n) is 2.58. The van der Waals surface area contributed by atoms with Gasteiger partial charge in [0.15, 0.2) is 0 Å². The molecule has 0 aliphatic heterocycles. The normalized spacial score (nSPS) is 11.8. The number of aromatic nitrogens is 2. The molecule has 0 radical (unpaired) electrons. The van der Waals surface area contributed by atoms with Crippen LogP contribution in [0.4, 0.5) is 4.79 Å². The average molecular weight is 486 g/mol. The number of phenolic OH excluding ortho intramolecular Hbond substituents is 1. The number of benzene rings is 2. The van der Waals surface area contributed by atoms with E-state index in [4.69, 9.17) is 4.74 Å². The molecule has 3 rings (SSSR count). The molecule has 10 heteroatoms. The maximum Gasteiger partial charge on any atom is 0.408 e. The number of carbonyl (C=O) groups excluding carboxylic acids is 2. The van der Waals surface area contributed by atoms with Crippen LogP contribution in [0.2, 0.25) is 0 Å². The minimum Gasteiger partial charge on any atom is -0.507 e. The van der Waals surface area contributed by atoms with E-state index in [-0.39, 0.29) is 18.8 Å². The number of halogens is 1. The lowest BCUT2D eigenvalue weighted by Crippen LogP contribution is -2.47. The van der Waals surface area contributed by atoms with Crippen molar-refractivity contribution in [3.05, 3.63) is 82.3 Å². The first-order valence-electron chi connectivity index (χ1n) is 9.27. The van der Waals surface area contributed by atoms with Gasteiger partial charge in [0.25, 0.3) is 5.91 Å². The Morgan fingerprint density at radius 1 is 1.26 bits per heavy atom. The van der Waals surface area contributed by atoms with Crippen LogP contribution in [0.5, 0.6) is 5.75 Å². The highest BCUT2D eigenvalue weighted by molar-refractivity contribution is 9.10. The maximum absolute atomic E-state index is 12.6. The van der Waals surface area contributed by atoms with E-state index in [0.29, 0.717) is 15.7 Å². The van der Waals surface area contributed by atoms with Crippen molar-refractivity contribution in [2.24, 2.45) is 5.10 Å². The number of H-pyrrole nitrogens is 1. The molecular formula is C21H20BrN5O4. The molecule has 1 aromatic heterocycles. The summed E-state index contributed by atoms with van der Waals surface area (Å²) in [6.07, 6.45) is 3.91. The van der Waals surface area contributed by atoms with Gasteiger partial charge >= 0.3 is 6.09 Å². The summed E-state index contributed by atoms with van der Waals surface area (Å²) in [5, 5.41) is 16.0. The second kappa shape index (κ2) is 10.9. The molecule has 0 aliphatic rings. The fraction of sp³-hybridized carbons (Fsp3) is 0.143. The molecule has 1 atom stereocenters. The Balaban J connectivity index is 1.60. The fourth-order valence-corrected chi connectivity index (χ4v) is 2.98. The highest BCUT2D eigenvalue weighted by atomic mass is 79.9. The van der Waals surface area contributed by atoms with Crippen molar-refractivity contribution in [3.63, 3.8) is 0 Å². The highest BCUT2D eigenvalue weighted by Crippen LogP contribution is 2.23. The average Bonchev–Trinajstić information content (AvgIpc) is 3.28. The van der Waals surface area contributed by atoms with Crippen molar-refractivity contribution >= 4 is 34.1 Å². The maximum atomic E-state index is 12.6. The zero-order valence-corrected chi connectivity index (χ0v) is 17.9. The van der Waals surface area contributed by atoms with Crippen molar-refractivity contribution in [2.45, 2.75) is 19.1 Å². The van der Waals surface area contributed by atoms with Gasteiger partial charge in [0.05, 0.1) is 17.0 Å². The number of imidazole rings is 1. The number of hydrazone groups is 1. The van der Waals surface area contributed by atoms with Crippen molar-refractivity contribution in [2.75, 3.05) is 0 Å². The highest BCUT2D eigenvalue weighted by Gasteiger charge is 2.22. The Kier molecular flexibility index (Phi) is 7.77. The van der Waals surface area contributed by atoms with E-state index >= 15 is 0 Å². The van der Waals surface area contributed by atoms with Crippen molar-refractivity contribution in [3.8, 4) is 5.75 Å². The Morgan fingerprint density at radius 3 is 2.77 bits per heavy atom. The number of alkyl carbamates (subject to hydrolysis) is 1. The zero-order valence-electron chi connectivity index (χ0n) is 16.3. The summed E-state index contributed by atoms with van der Waals surface area (Å²) < 4.78 is 5.71. The van der Waals surface area contributed by atoms with E-state index in [0.717, 1.165) is 5.56 Å². The number of nitrogens with zero attached hydrogens (tertiary/aromatic N) is 2. The molecular weight excluding hydrogens is 466 g/mol. The summed E-state index contributed by atoms with van der Waals surface area (Å²) in [5.41, 5.74) is 4.56. The smallest absolute Gasteiger partial charge is 0.408 e. The minimum absolute atomic E-state index is 0.0823. The molecule has 31 heavy (non-hydrogen) atoms. The number of phenols is 1. The van der Waals surface area contributed by atoms with Crippen LogP contribution in [0, 0.1) is 0 Å². The number of amides is 2. The molecule has 2 aromatic carbocycles. The van der Waals surface area contributed by atoms with E-state index in [1.165, 1.54) is 18.6 Å². The predicted molar refractivity (Wildman–Crippen MR) is 117 cm³/mol. The molecule has 2 amide bonds. The molecule has 160 valence electrons. The Hall–Kier alpha value is -3.66. The molecule has 0 saturated carbocycles. The van der Waals surface area contributed by atoms with Crippen molar-refractivity contribution in [1.82, 2.24) is 20.7 Å². The first kappa shape index (κ1) is 22.0. The first-order valence-corrected chi connectivity index (χ1v) is 10.1. The van der Waals surface area contributed by atoms with Crippen LogP contribution in [0.15, 0.2) is 70.6 Å². The minimum atomic E-state index is -0.938. The van der Waals surface area contributed by atoms with Crippen LogP contribution in [0.1, 0.15) is 16.8 Å². The number of hydrogen-bond donors (Lipinski definition) is 4. The first-order chi connectivity index (χ1) is 15.0. The lowest BCUT2D eigenvalue weighted by Gasteiger charge is -2.16.